The fourth-order valence-corrected chi connectivity index (χ4v) is 3.67. The highest BCUT2D eigenvalue weighted by Gasteiger charge is 2.60. The summed E-state index contributed by atoms with van der Waals surface area (Å²) >= 11 is 0. The standard InChI is InChI=1S/C11H19N2O3P/c1-6-15-17(14,16-7-2)11(8-12,9-13)10(3,4)5/h6-7H2,1-5H3. The highest BCUT2D eigenvalue weighted by Crippen LogP contribution is 2.65. The van der Waals surface area contributed by atoms with Crippen LogP contribution < -0.4 is 0 Å². The molecule has 5 nitrogen and oxygen atoms in total. The van der Waals surface area contributed by atoms with Gasteiger partial charge in [0, 0.05) is 5.41 Å². The summed E-state index contributed by atoms with van der Waals surface area (Å²) in [5, 5.41) is 16.8. The van der Waals surface area contributed by atoms with E-state index in [0.717, 1.165) is 0 Å². The first kappa shape index (κ1) is 16.1. The van der Waals surface area contributed by atoms with Gasteiger partial charge in [-0.1, -0.05) is 20.8 Å². The molecule has 0 aliphatic carbocycles. The summed E-state index contributed by atoms with van der Waals surface area (Å²) in [6.45, 7) is 8.55. The van der Waals surface area contributed by atoms with Gasteiger partial charge in [0.2, 0.25) is 5.16 Å². The third-order valence-corrected chi connectivity index (χ3v) is 5.31. The van der Waals surface area contributed by atoms with E-state index < -0.39 is 18.2 Å². The van der Waals surface area contributed by atoms with Crippen molar-refractivity contribution in [3.63, 3.8) is 0 Å². The van der Waals surface area contributed by atoms with Crippen molar-refractivity contribution in [2.24, 2.45) is 5.41 Å². The molecule has 0 heterocycles. The Morgan fingerprint density at radius 3 is 1.59 bits per heavy atom. The minimum Gasteiger partial charge on any atom is -0.307 e. The molecular weight excluding hydrogens is 239 g/mol. The SMILES string of the molecule is CCOP(=O)(OCC)C(C#N)(C#N)C(C)(C)C. The third-order valence-electron chi connectivity index (χ3n) is 2.42. The number of hydrogen-bond acceptors (Lipinski definition) is 5. The summed E-state index contributed by atoms with van der Waals surface area (Å²) in [5.41, 5.74) is -0.837. The minimum absolute atomic E-state index is 0.123. The Bertz CT molecular complexity index is 363. The van der Waals surface area contributed by atoms with E-state index in [1.807, 2.05) is 12.1 Å². The molecule has 0 bridgehead atoms. The maximum Gasteiger partial charge on any atom is 0.365 e. The van der Waals surface area contributed by atoms with Crippen LogP contribution in [0.2, 0.25) is 0 Å². The van der Waals surface area contributed by atoms with Crippen LogP contribution >= 0.6 is 7.60 Å². The molecule has 0 fully saturated rings. The van der Waals surface area contributed by atoms with E-state index in [4.69, 9.17) is 9.05 Å². The average Bonchev–Trinajstić information content (AvgIpc) is 2.18. The lowest BCUT2D eigenvalue weighted by Crippen LogP contribution is -2.41. The van der Waals surface area contributed by atoms with Gasteiger partial charge in [-0.2, -0.15) is 10.5 Å². The molecule has 0 N–H and O–H groups in total. The van der Waals surface area contributed by atoms with E-state index in [9.17, 15) is 15.1 Å². The van der Waals surface area contributed by atoms with Gasteiger partial charge in [-0.25, -0.2) is 0 Å². The molecule has 0 rings (SSSR count). The van der Waals surface area contributed by atoms with Gasteiger partial charge in [-0.15, -0.1) is 0 Å². The van der Waals surface area contributed by atoms with Crippen molar-refractivity contribution in [3.05, 3.63) is 0 Å². The lowest BCUT2D eigenvalue weighted by Gasteiger charge is -2.37. The van der Waals surface area contributed by atoms with Crippen LogP contribution in [0.1, 0.15) is 34.6 Å². The summed E-state index contributed by atoms with van der Waals surface area (Å²) in [7, 11) is -3.80. The Morgan fingerprint density at radius 2 is 1.41 bits per heavy atom. The molecule has 0 aromatic rings. The number of hydrogen-bond donors (Lipinski definition) is 0. The quantitative estimate of drug-likeness (QED) is 0.707. The molecule has 0 unspecified atom stereocenters. The predicted octanol–water partition coefficient (Wildman–Crippen LogP) is 3.08. The second-order valence-corrected chi connectivity index (χ2v) is 6.70. The van der Waals surface area contributed by atoms with Gasteiger partial charge in [0.1, 0.15) is 0 Å². The molecule has 96 valence electrons. The van der Waals surface area contributed by atoms with Crippen molar-refractivity contribution in [1.29, 1.82) is 10.5 Å². The summed E-state index contributed by atoms with van der Waals surface area (Å²) < 4.78 is 22.9. The fourth-order valence-electron chi connectivity index (χ4n) is 1.46. The van der Waals surface area contributed by atoms with E-state index in [1.165, 1.54) is 0 Å². The molecule has 0 atom stereocenters. The van der Waals surface area contributed by atoms with Crippen molar-refractivity contribution in [1.82, 2.24) is 0 Å². The first-order chi connectivity index (χ1) is 7.74. The van der Waals surface area contributed by atoms with Gasteiger partial charge in [-0.05, 0) is 13.8 Å². The topological polar surface area (TPSA) is 83.1 Å². The van der Waals surface area contributed by atoms with Crippen LogP contribution in [0.15, 0.2) is 0 Å². The van der Waals surface area contributed by atoms with Crippen LogP contribution in [0.4, 0.5) is 0 Å². The van der Waals surface area contributed by atoms with Gasteiger partial charge in [-0.3, -0.25) is 4.57 Å². The zero-order valence-corrected chi connectivity index (χ0v) is 11.9. The Hall–Kier alpha value is -0.870. The maximum atomic E-state index is 12.7. The summed E-state index contributed by atoms with van der Waals surface area (Å²) in [5.74, 6) is 0. The molecule has 0 aromatic heterocycles. The van der Waals surface area contributed by atoms with Crippen molar-refractivity contribution in [3.8, 4) is 12.1 Å². The van der Waals surface area contributed by atoms with Gasteiger partial charge in [0.05, 0.1) is 25.4 Å². The third kappa shape index (κ3) is 2.69. The highest BCUT2D eigenvalue weighted by atomic mass is 31.2. The minimum atomic E-state index is -3.80. The molecular formula is C11H19N2O3P. The molecule has 6 heteroatoms. The van der Waals surface area contributed by atoms with Crippen molar-refractivity contribution in [2.75, 3.05) is 13.2 Å². The van der Waals surface area contributed by atoms with Gasteiger partial charge < -0.3 is 9.05 Å². The number of nitrogens with zero attached hydrogens (tertiary/aromatic N) is 2. The van der Waals surface area contributed by atoms with Crippen molar-refractivity contribution < 1.29 is 13.6 Å². The molecule has 0 saturated carbocycles. The summed E-state index contributed by atoms with van der Waals surface area (Å²) in [6, 6.07) is 3.68. The van der Waals surface area contributed by atoms with Crippen molar-refractivity contribution in [2.45, 2.75) is 39.8 Å². The first-order valence-electron chi connectivity index (χ1n) is 5.46. The van der Waals surface area contributed by atoms with E-state index in [0.29, 0.717) is 0 Å². The number of nitriles is 2. The Balaban J connectivity index is 5.85. The second-order valence-electron chi connectivity index (χ2n) is 4.52. The van der Waals surface area contributed by atoms with Crippen LogP contribution in [-0.2, 0) is 13.6 Å². The zero-order valence-electron chi connectivity index (χ0n) is 11.0. The summed E-state index contributed by atoms with van der Waals surface area (Å²) in [4.78, 5) is 0. The summed E-state index contributed by atoms with van der Waals surface area (Å²) in [6.07, 6.45) is 0. The molecule has 0 aliphatic heterocycles. The van der Waals surface area contributed by atoms with Gasteiger partial charge in [0.15, 0.2) is 0 Å². The normalized spacial score (nSPS) is 12.9. The molecule has 0 spiro atoms. The number of rotatable bonds is 5. The molecule has 0 amide bonds. The fraction of sp³-hybridized carbons (Fsp3) is 0.818. The first-order valence-corrected chi connectivity index (χ1v) is 7.00. The monoisotopic (exact) mass is 258 g/mol. The zero-order chi connectivity index (χ0) is 13.7. The molecule has 0 aliphatic rings. The van der Waals surface area contributed by atoms with E-state index >= 15 is 0 Å². The Labute approximate surface area is 103 Å². The average molecular weight is 258 g/mol. The molecule has 0 radical (unpaired) electrons. The lowest BCUT2D eigenvalue weighted by atomic mass is 9.82. The highest BCUT2D eigenvalue weighted by molar-refractivity contribution is 7.56. The van der Waals surface area contributed by atoms with Crippen molar-refractivity contribution >= 4 is 7.60 Å². The van der Waals surface area contributed by atoms with Gasteiger partial charge in [0.25, 0.3) is 0 Å². The van der Waals surface area contributed by atoms with Crippen LogP contribution in [0, 0.1) is 28.1 Å². The largest absolute Gasteiger partial charge is 0.365 e. The molecule has 17 heavy (non-hydrogen) atoms. The van der Waals surface area contributed by atoms with Crippen LogP contribution in [0.5, 0.6) is 0 Å². The van der Waals surface area contributed by atoms with Crippen LogP contribution in [0.3, 0.4) is 0 Å². The predicted molar refractivity (Wildman–Crippen MR) is 64.3 cm³/mol. The maximum absolute atomic E-state index is 12.7. The molecule has 0 saturated heterocycles. The van der Waals surface area contributed by atoms with E-state index in [2.05, 4.69) is 0 Å². The smallest absolute Gasteiger partial charge is 0.307 e. The van der Waals surface area contributed by atoms with Crippen LogP contribution in [0.25, 0.3) is 0 Å². The lowest BCUT2D eigenvalue weighted by molar-refractivity contribution is 0.188. The molecule has 0 aromatic carbocycles. The van der Waals surface area contributed by atoms with Crippen LogP contribution in [-0.4, -0.2) is 18.4 Å². The Kier molecular flexibility index (Phi) is 5.36. The van der Waals surface area contributed by atoms with E-state index in [1.54, 1.807) is 34.6 Å². The van der Waals surface area contributed by atoms with E-state index in [-0.39, 0.29) is 13.2 Å². The van der Waals surface area contributed by atoms with Gasteiger partial charge >= 0.3 is 7.60 Å². The Morgan fingerprint density at radius 1 is 1.06 bits per heavy atom. The second kappa shape index (κ2) is 5.65.